The van der Waals surface area contributed by atoms with Gasteiger partial charge < -0.3 is 0 Å². The van der Waals surface area contributed by atoms with Crippen LogP contribution in [0.1, 0.15) is 28.1 Å². The Balaban J connectivity index is 1.35. The highest BCUT2D eigenvalue weighted by molar-refractivity contribution is 7.21. The second-order valence-electron chi connectivity index (χ2n) is 6.62. The Hall–Kier alpha value is -2.21. The molecule has 0 unspecified atom stereocenters. The van der Waals surface area contributed by atoms with Gasteiger partial charge in [-0.1, -0.05) is 60.1 Å². The van der Waals surface area contributed by atoms with Crippen molar-refractivity contribution in [2.24, 2.45) is 5.10 Å². The van der Waals surface area contributed by atoms with E-state index in [2.05, 4.69) is 39.7 Å². The molecule has 3 aromatic rings. The van der Waals surface area contributed by atoms with Crippen LogP contribution in [0.15, 0.2) is 59.7 Å². The number of rotatable bonds is 4. The number of hydrogen-bond acceptors (Lipinski definition) is 4. The van der Waals surface area contributed by atoms with E-state index in [1.165, 1.54) is 16.9 Å². The van der Waals surface area contributed by atoms with E-state index in [-0.39, 0.29) is 5.91 Å². The zero-order valence-corrected chi connectivity index (χ0v) is 16.4. The van der Waals surface area contributed by atoms with Crippen LogP contribution in [0, 0.1) is 0 Å². The van der Waals surface area contributed by atoms with Gasteiger partial charge >= 0.3 is 0 Å². The number of amides is 1. The largest absolute Gasteiger partial charge is 0.298 e. The summed E-state index contributed by atoms with van der Waals surface area (Å²) < 4.78 is 1.01. The molecule has 4 rings (SSSR count). The third-order valence-corrected chi connectivity index (χ3v) is 6.41. The summed E-state index contributed by atoms with van der Waals surface area (Å²) in [5.74, 6) is -0.236. The first-order chi connectivity index (χ1) is 13.2. The topological polar surface area (TPSA) is 44.7 Å². The summed E-state index contributed by atoms with van der Waals surface area (Å²) in [6, 6.07) is 18.2. The molecule has 0 bridgehead atoms. The second-order valence-corrected chi connectivity index (χ2v) is 8.05. The second kappa shape index (κ2) is 8.21. The molecular weight excluding hydrogens is 378 g/mol. The van der Waals surface area contributed by atoms with Crippen molar-refractivity contribution >= 4 is 44.6 Å². The summed E-state index contributed by atoms with van der Waals surface area (Å²) in [7, 11) is 0. The van der Waals surface area contributed by atoms with Crippen LogP contribution in [0.3, 0.4) is 0 Å². The normalized spacial score (nSPS) is 15.1. The minimum atomic E-state index is -0.236. The summed E-state index contributed by atoms with van der Waals surface area (Å²) in [6.07, 6.45) is 1.74. The highest BCUT2D eigenvalue weighted by Crippen LogP contribution is 2.34. The highest BCUT2D eigenvalue weighted by Gasteiger charge is 2.18. The van der Waals surface area contributed by atoms with Crippen molar-refractivity contribution in [2.45, 2.75) is 19.4 Å². The maximum absolute atomic E-state index is 12.5. The van der Waals surface area contributed by atoms with Gasteiger partial charge in [-0.2, -0.15) is 5.10 Å². The van der Waals surface area contributed by atoms with Gasteiger partial charge in [0.25, 0.3) is 5.91 Å². The van der Waals surface area contributed by atoms with Crippen molar-refractivity contribution in [3.63, 3.8) is 0 Å². The van der Waals surface area contributed by atoms with Crippen LogP contribution in [0.2, 0.25) is 5.02 Å². The molecule has 0 saturated carbocycles. The summed E-state index contributed by atoms with van der Waals surface area (Å²) >= 11 is 7.76. The predicted molar refractivity (Wildman–Crippen MR) is 113 cm³/mol. The smallest absolute Gasteiger partial charge is 0.283 e. The van der Waals surface area contributed by atoms with E-state index in [9.17, 15) is 4.79 Å². The lowest BCUT2D eigenvalue weighted by molar-refractivity contribution is 0.0958. The number of halogens is 1. The van der Waals surface area contributed by atoms with Crippen molar-refractivity contribution in [1.82, 2.24) is 10.3 Å². The molecule has 0 spiro atoms. The van der Waals surface area contributed by atoms with Gasteiger partial charge in [0.05, 0.1) is 5.02 Å². The van der Waals surface area contributed by atoms with Gasteiger partial charge in [-0.05, 0) is 11.6 Å². The lowest BCUT2D eigenvalue weighted by Gasteiger charge is -2.27. The molecule has 27 heavy (non-hydrogen) atoms. The van der Waals surface area contributed by atoms with Crippen LogP contribution in [-0.4, -0.2) is 29.6 Å². The van der Waals surface area contributed by atoms with Gasteiger partial charge in [-0.15, -0.1) is 11.3 Å². The summed E-state index contributed by atoms with van der Waals surface area (Å²) in [5.41, 5.74) is 5.05. The molecular formula is C21H20ClN3OS. The molecule has 4 nitrogen and oxygen atoms in total. The van der Waals surface area contributed by atoms with Crippen molar-refractivity contribution < 1.29 is 4.79 Å². The number of thiophene rings is 1. The molecule has 0 radical (unpaired) electrons. The zero-order chi connectivity index (χ0) is 18.6. The van der Waals surface area contributed by atoms with E-state index in [1.54, 1.807) is 0 Å². The molecule has 1 aliphatic heterocycles. The van der Waals surface area contributed by atoms with E-state index in [0.29, 0.717) is 9.90 Å². The fourth-order valence-corrected chi connectivity index (χ4v) is 4.67. The van der Waals surface area contributed by atoms with E-state index in [1.807, 2.05) is 30.3 Å². The Morgan fingerprint density at radius 3 is 2.52 bits per heavy atom. The molecule has 1 saturated heterocycles. The fraction of sp³-hybridized carbons (Fsp3) is 0.238. The van der Waals surface area contributed by atoms with Crippen LogP contribution in [0.4, 0.5) is 0 Å². The fourth-order valence-electron chi connectivity index (χ4n) is 3.26. The number of fused-ring (bicyclic) bond motifs is 1. The van der Waals surface area contributed by atoms with Crippen LogP contribution in [0.5, 0.6) is 0 Å². The molecule has 1 aromatic heterocycles. The van der Waals surface area contributed by atoms with Gasteiger partial charge in [-0.25, -0.2) is 5.43 Å². The van der Waals surface area contributed by atoms with Gasteiger partial charge in [0.15, 0.2) is 0 Å². The van der Waals surface area contributed by atoms with Crippen LogP contribution < -0.4 is 5.43 Å². The number of likely N-dealkylation sites (tertiary alicyclic amines) is 1. The molecule has 1 fully saturated rings. The van der Waals surface area contributed by atoms with Gasteiger partial charge in [0, 0.05) is 48.3 Å². The number of nitrogens with one attached hydrogen (secondary N) is 1. The number of hydrazone groups is 1. The number of hydrogen-bond donors (Lipinski definition) is 1. The van der Waals surface area contributed by atoms with Gasteiger partial charge in [-0.3, -0.25) is 9.69 Å². The number of carbonyl (C=O) groups excluding carboxylic acids is 1. The van der Waals surface area contributed by atoms with E-state index >= 15 is 0 Å². The van der Waals surface area contributed by atoms with Crippen molar-refractivity contribution in [1.29, 1.82) is 0 Å². The Kier molecular flexibility index (Phi) is 5.53. The van der Waals surface area contributed by atoms with E-state index < -0.39 is 0 Å². The summed E-state index contributed by atoms with van der Waals surface area (Å²) in [4.78, 5) is 15.4. The molecule has 1 aliphatic rings. The quantitative estimate of drug-likeness (QED) is 0.634. The number of piperidine rings is 1. The zero-order valence-electron chi connectivity index (χ0n) is 14.8. The van der Waals surface area contributed by atoms with Crippen molar-refractivity contribution in [3.05, 3.63) is 70.1 Å². The Morgan fingerprint density at radius 1 is 1.07 bits per heavy atom. The average molecular weight is 398 g/mol. The first-order valence-electron chi connectivity index (χ1n) is 9.00. The van der Waals surface area contributed by atoms with Crippen LogP contribution in [-0.2, 0) is 6.54 Å². The standard InChI is InChI=1S/C21H20ClN3OS/c22-19-17-8-4-5-9-18(17)27-20(19)21(26)24-23-16-10-12-25(13-11-16)14-15-6-2-1-3-7-15/h1-9H,10-14H2,(H,24,26). The van der Waals surface area contributed by atoms with E-state index in [4.69, 9.17) is 11.6 Å². The Morgan fingerprint density at radius 2 is 1.78 bits per heavy atom. The SMILES string of the molecule is O=C(NN=C1CCN(Cc2ccccc2)CC1)c1sc2ccccc2c1Cl. The highest BCUT2D eigenvalue weighted by atomic mass is 35.5. The molecule has 6 heteroatoms. The Bertz CT molecular complexity index is 974. The molecule has 0 atom stereocenters. The maximum atomic E-state index is 12.5. The summed E-state index contributed by atoms with van der Waals surface area (Å²) in [5, 5.41) is 5.77. The number of carbonyl (C=O) groups is 1. The molecule has 138 valence electrons. The average Bonchev–Trinajstić information content (AvgIpc) is 3.05. The van der Waals surface area contributed by atoms with Gasteiger partial charge in [0.2, 0.25) is 0 Å². The minimum absolute atomic E-state index is 0.236. The third kappa shape index (κ3) is 4.21. The molecule has 1 amide bonds. The minimum Gasteiger partial charge on any atom is -0.298 e. The molecule has 0 aliphatic carbocycles. The molecule has 2 heterocycles. The van der Waals surface area contributed by atoms with E-state index in [0.717, 1.165) is 48.3 Å². The Labute approximate surface area is 167 Å². The number of nitrogens with zero attached hydrogens (tertiary/aromatic N) is 2. The number of benzene rings is 2. The molecule has 1 N–H and O–H groups in total. The predicted octanol–water partition coefficient (Wildman–Crippen LogP) is 4.94. The summed E-state index contributed by atoms with van der Waals surface area (Å²) in [6.45, 7) is 2.86. The van der Waals surface area contributed by atoms with Crippen LogP contribution in [0.25, 0.3) is 10.1 Å². The first kappa shape index (κ1) is 18.2. The van der Waals surface area contributed by atoms with Crippen molar-refractivity contribution in [2.75, 3.05) is 13.1 Å². The van der Waals surface area contributed by atoms with Crippen molar-refractivity contribution in [3.8, 4) is 0 Å². The molecule has 2 aromatic carbocycles. The lowest BCUT2D eigenvalue weighted by atomic mass is 10.1. The van der Waals surface area contributed by atoms with Gasteiger partial charge in [0.1, 0.15) is 4.88 Å². The monoisotopic (exact) mass is 397 g/mol. The first-order valence-corrected chi connectivity index (χ1v) is 10.2. The lowest BCUT2D eigenvalue weighted by Crippen LogP contribution is -2.34. The van der Waals surface area contributed by atoms with Crippen LogP contribution >= 0.6 is 22.9 Å². The maximum Gasteiger partial charge on any atom is 0.283 e. The third-order valence-electron chi connectivity index (χ3n) is 4.74.